The molecule has 0 aromatic heterocycles. The summed E-state index contributed by atoms with van der Waals surface area (Å²) in [5.41, 5.74) is 7.23. The summed E-state index contributed by atoms with van der Waals surface area (Å²) in [4.78, 5) is 25.7. The normalized spacial score (nSPS) is 15.1. The largest absolute Gasteiger partial charge is 0.353 e. The van der Waals surface area contributed by atoms with Gasteiger partial charge in [-0.3, -0.25) is 9.59 Å². The zero-order chi connectivity index (χ0) is 15.2. The van der Waals surface area contributed by atoms with Crippen LogP contribution < -0.4 is 11.1 Å². The third kappa shape index (κ3) is 5.00. The third-order valence-electron chi connectivity index (χ3n) is 3.82. The topological polar surface area (TPSA) is 75.4 Å². The Hall–Kier alpha value is -1.59. The van der Waals surface area contributed by atoms with E-state index < -0.39 is 0 Å². The molecule has 22 heavy (non-hydrogen) atoms. The number of benzene rings is 1. The maximum absolute atomic E-state index is 12.4. The van der Waals surface area contributed by atoms with Crippen LogP contribution in [0.3, 0.4) is 0 Å². The molecule has 0 spiro atoms. The van der Waals surface area contributed by atoms with Gasteiger partial charge in [-0.05, 0) is 31.9 Å². The van der Waals surface area contributed by atoms with E-state index >= 15 is 0 Å². The Labute approximate surface area is 137 Å². The lowest BCUT2D eigenvalue weighted by Crippen LogP contribution is -2.46. The van der Waals surface area contributed by atoms with Crippen LogP contribution in [0.1, 0.15) is 35.2 Å². The van der Waals surface area contributed by atoms with Gasteiger partial charge in [-0.2, -0.15) is 0 Å². The average molecular weight is 326 g/mol. The predicted molar refractivity (Wildman–Crippen MR) is 89.2 cm³/mol. The molecule has 1 aromatic carbocycles. The number of carbonyl (C=O) groups excluding carboxylic acids is 2. The molecule has 0 unspecified atom stereocenters. The Bertz CT molecular complexity index is 497. The summed E-state index contributed by atoms with van der Waals surface area (Å²) in [6, 6.07) is 7.80. The minimum atomic E-state index is 0. The van der Waals surface area contributed by atoms with E-state index in [1.165, 1.54) is 0 Å². The van der Waals surface area contributed by atoms with Gasteiger partial charge >= 0.3 is 0 Å². The number of halogens is 1. The van der Waals surface area contributed by atoms with E-state index in [2.05, 4.69) is 5.32 Å². The highest BCUT2D eigenvalue weighted by atomic mass is 35.5. The van der Waals surface area contributed by atoms with Crippen LogP contribution in [-0.4, -0.2) is 42.4 Å². The van der Waals surface area contributed by atoms with Gasteiger partial charge in [-0.25, -0.2) is 0 Å². The predicted octanol–water partition coefficient (Wildman–Crippen LogP) is 1.49. The second kappa shape index (κ2) is 8.76. The van der Waals surface area contributed by atoms with Gasteiger partial charge in [-0.15, -0.1) is 12.4 Å². The van der Waals surface area contributed by atoms with Gasteiger partial charge in [0.05, 0.1) is 0 Å². The molecule has 122 valence electrons. The van der Waals surface area contributed by atoms with E-state index in [1.54, 1.807) is 0 Å². The first-order chi connectivity index (χ1) is 10.1. The SMILES string of the molecule is Cc1ccc(C(=O)N2CCC(NC(=O)CCN)CC2)cc1.Cl. The van der Waals surface area contributed by atoms with Gasteiger partial charge in [0.25, 0.3) is 5.91 Å². The average Bonchev–Trinajstić information content (AvgIpc) is 2.48. The monoisotopic (exact) mass is 325 g/mol. The number of aryl methyl sites for hydroxylation is 1. The molecule has 0 saturated carbocycles. The standard InChI is InChI=1S/C16H23N3O2.ClH/c1-12-2-4-13(5-3-12)16(21)19-10-7-14(8-11-19)18-15(20)6-9-17;/h2-5,14H,6-11,17H2,1H3,(H,18,20);1H. The van der Waals surface area contributed by atoms with E-state index in [4.69, 9.17) is 5.73 Å². The van der Waals surface area contributed by atoms with Crippen molar-refractivity contribution in [2.45, 2.75) is 32.2 Å². The number of hydrogen-bond donors (Lipinski definition) is 2. The minimum Gasteiger partial charge on any atom is -0.353 e. The fraction of sp³-hybridized carbons (Fsp3) is 0.500. The van der Waals surface area contributed by atoms with Crippen LogP contribution in [0, 0.1) is 6.92 Å². The molecule has 3 N–H and O–H groups in total. The van der Waals surface area contributed by atoms with Gasteiger partial charge in [0.2, 0.25) is 5.91 Å². The molecule has 1 aliphatic rings. The maximum Gasteiger partial charge on any atom is 0.253 e. The maximum atomic E-state index is 12.4. The van der Waals surface area contributed by atoms with E-state index in [1.807, 2.05) is 36.1 Å². The zero-order valence-electron chi connectivity index (χ0n) is 12.9. The summed E-state index contributed by atoms with van der Waals surface area (Å²) in [7, 11) is 0. The quantitative estimate of drug-likeness (QED) is 0.880. The Balaban J connectivity index is 0.00000242. The zero-order valence-corrected chi connectivity index (χ0v) is 13.7. The van der Waals surface area contributed by atoms with Gasteiger partial charge < -0.3 is 16.0 Å². The van der Waals surface area contributed by atoms with Crippen LogP contribution in [-0.2, 0) is 4.79 Å². The van der Waals surface area contributed by atoms with Crippen LogP contribution in [0.2, 0.25) is 0 Å². The highest BCUT2D eigenvalue weighted by Crippen LogP contribution is 2.14. The first kappa shape index (κ1) is 18.5. The van der Waals surface area contributed by atoms with Gasteiger partial charge in [0, 0.05) is 37.7 Å². The van der Waals surface area contributed by atoms with Crippen molar-refractivity contribution in [1.82, 2.24) is 10.2 Å². The molecule has 2 rings (SSSR count). The van der Waals surface area contributed by atoms with Crippen molar-refractivity contribution in [2.75, 3.05) is 19.6 Å². The smallest absolute Gasteiger partial charge is 0.253 e. The summed E-state index contributed by atoms with van der Waals surface area (Å²) in [6.45, 7) is 3.74. The molecule has 1 heterocycles. The van der Waals surface area contributed by atoms with Crippen molar-refractivity contribution < 1.29 is 9.59 Å². The van der Waals surface area contributed by atoms with Crippen molar-refractivity contribution in [3.8, 4) is 0 Å². The Kier molecular flexibility index (Phi) is 7.35. The molecule has 2 amide bonds. The molecule has 1 saturated heterocycles. The summed E-state index contributed by atoms with van der Waals surface area (Å²) in [5, 5.41) is 2.97. The Morgan fingerprint density at radius 1 is 1.23 bits per heavy atom. The van der Waals surface area contributed by atoms with Crippen molar-refractivity contribution in [1.29, 1.82) is 0 Å². The third-order valence-corrected chi connectivity index (χ3v) is 3.82. The molecular weight excluding hydrogens is 302 g/mol. The number of nitrogens with zero attached hydrogens (tertiary/aromatic N) is 1. The number of amides is 2. The first-order valence-electron chi connectivity index (χ1n) is 7.45. The molecule has 0 radical (unpaired) electrons. The second-order valence-electron chi connectivity index (χ2n) is 5.54. The van der Waals surface area contributed by atoms with Crippen molar-refractivity contribution in [3.05, 3.63) is 35.4 Å². The summed E-state index contributed by atoms with van der Waals surface area (Å²) < 4.78 is 0. The highest BCUT2D eigenvalue weighted by molar-refractivity contribution is 5.94. The molecule has 1 aromatic rings. The molecule has 0 aliphatic carbocycles. The number of carbonyl (C=O) groups is 2. The van der Waals surface area contributed by atoms with Crippen LogP contribution in [0.15, 0.2) is 24.3 Å². The molecule has 1 fully saturated rings. The van der Waals surface area contributed by atoms with E-state index in [9.17, 15) is 9.59 Å². The second-order valence-corrected chi connectivity index (χ2v) is 5.54. The van der Waals surface area contributed by atoms with E-state index in [-0.39, 0.29) is 30.3 Å². The molecule has 0 bridgehead atoms. The van der Waals surface area contributed by atoms with Crippen LogP contribution in [0.5, 0.6) is 0 Å². The first-order valence-corrected chi connectivity index (χ1v) is 7.45. The van der Waals surface area contributed by atoms with Gasteiger partial charge in [-0.1, -0.05) is 17.7 Å². The van der Waals surface area contributed by atoms with E-state index in [0.29, 0.717) is 26.1 Å². The number of likely N-dealkylation sites (tertiary alicyclic amines) is 1. The minimum absolute atomic E-state index is 0. The lowest BCUT2D eigenvalue weighted by Gasteiger charge is -2.32. The summed E-state index contributed by atoms with van der Waals surface area (Å²) in [6.07, 6.45) is 1.96. The lowest BCUT2D eigenvalue weighted by atomic mass is 10.0. The molecular formula is C16H24ClN3O2. The summed E-state index contributed by atoms with van der Waals surface area (Å²) in [5.74, 6) is 0.0718. The molecule has 6 heteroatoms. The number of rotatable bonds is 4. The number of nitrogens with one attached hydrogen (secondary N) is 1. The van der Waals surface area contributed by atoms with Gasteiger partial charge in [0.1, 0.15) is 0 Å². The Morgan fingerprint density at radius 2 is 1.82 bits per heavy atom. The van der Waals surface area contributed by atoms with Crippen molar-refractivity contribution in [3.63, 3.8) is 0 Å². The van der Waals surface area contributed by atoms with Crippen LogP contribution in [0.4, 0.5) is 0 Å². The highest BCUT2D eigenvalue weighted by Gasteiger charge is 2.24. The Morgan fingerprint density at radius 3 is 2.36 bits per heavy atom. The van der Waals surface area contributed by atoms with Gasteiger partial charge in [0.15, 0.2) is 0 Å². The fourth-order valence-corrected chi connectivity index (χ4v) is 2.54. The summed E-state index contributed by atoms with van der Waals surface area (Å²) >= 11 is 0. The van der Waals surface area contributed by atoms with Crippen LogP contribution >= 0.6 is 12.4 Å². The number of nitrogens with two attached hydrogens (primary N) is 1. The molecule has 0 atom stereocenters. The lowest BCUT2D eigenvalue weighted by molar-refractivity contribution is -0.121. The fourth-order valence-electron chi connectivity index (χ4n) is 2.54. The molecule has 1 aliphatic heterocycles. The number of hydrogen-bond acceptors (Lipinski definition) is 3. The number of piperidine rings is 1. The molecule has 5 nitrogen and oxygen atoms in total. The van der Waals surface area contributed by atoms with E-state index in [0.717, 1.165) is 24.0 Å². The van der Waals surface area contributed by atoms with Crippen molar-refractivity contribution in [2.24, 2.45) is 5.73 Å². The van der Waals surface area contributed by atoms with Crippen LogP contribution in [0.25, 0.3) is 0 Å². The van der Waals surface area contributed by atoms with Crippen molar-refractivity contribution >= 4 is 24.2 Å².